The van der Waals surface area contributed by atoms with E-state index in [1.54, 1.807) is 12.1 Å². The van der Waals surface area contributed by atoms with E-state index in [2.05, 4.69) is 6.92 Å². The topological polar surface area (TPSA) is 0 Å². The number of fused-ring (bicyclic) bond motifs is 1. The molecule has 0 saturated heterocycles. The fourth-order valence-corrected chi connectivity index (χ4v) is 1.91. The van der Waals surface area contributed by atoms with Crippen LogP contribution in [0.1, 0.15) is 24.8 Å². The summed E-state index contributed by atoms with van der Waals surface area (Å²) in [7, 11) is 0. The van der Waals surface area contributed by atoms with Crippen LogP contribution in [0.2, 0.25) is 0 Å². The average molecular weight is 233 g/mol. The highest BCUT2D eigenvalue weighted by Gasteiger charge is 2.30. The van der Waals surface area contributed by atoms with Crippen LogP contribution in [0, 0.1) is 6.92 Å². The molecule has 0 fully saturated rings. The lowest BCUT2D eigenvalue weighted by Gasteiger charge is -2.16. The van der Waals surface area contributed by atoms with Gasteiger partial charge in [-0.25, -0.2) is 8.78 Å². The molecule has 0 heterocycles. The van der Waals surface area contributed by atoms with Gasteiger partial charge in [0, 0.05) is 12.0 Å². The van der Waals surface area contributed by atoms with Crippen LogP contribution in [-0.4, -0.2) is 0 Å². The zero-order valence-corrected chi connectivity index (χ0v) is 9.63. The SMILES string of the molecule is [CH2]CCCC(F)(F)c1ccc2ccccc2c1. The Labute approximate surface area is 100 Å². The van der Waals surface area contributed by atoms with Crippen LogP contribution in [0.25, 0.3) is 10.8 Å². The van der Waals surface area contributed by atoms with E-state index >= 15 is 0 Å². The Balaban J connectivity index is 2.35. The first-order chi connectivity index (χ1) is 8.13. The summed E-state index contributed by atoms with van der Waals surface area (Å²) in [6.07, 6.45) is 0.859. The quantitative estimate of drug-likeness (QED) is 0.702. The molecule has 0 nitrogen and oxygen atoms in total. The third-order valence-electron chi connectivity index (χ3n) is 2.91. The summed E-state index contributed by atoms with van der Waals surface area (Å²) < 4.78 is 27.7. The minimum Gasteiger partial charge on any atom is -0.201 e. The third kappa shape index (κ3) is 2.63. The largest absolute Gasteiger partial charge is 0.273 e. The summed E-state index contributed by atoms with van der Waals surface area (Å²) in [6.45, 7) is 3.60. The van der Waals surface area contributed by atoms with Crippen LogP contribution in [0.5, 0.6) is 0 Å². The van der Waals surface area contributed by atoms with Crippen molar-refractivity contribution in [2.45, 2.75) is 25.2 Å². The van der Waals surface area contributed by atoms with Crippen molar-refractivity contribution < 1.29 is 8.78 Å². The highest BCUT2D eigenvalue weighted by atomic mass is 19.3. The number of unbranched alkanes of at least 4 members (excludes halogenated alkanes) is 1. The van der Waals surface area contributed by atoms with Crippen molar-refractivity contribution in [1.29, 1.82) is 0 Å². The van der Waals surface area contributed by atoms with Gasteiger partial charge in [-0.05, 0) is 23.3 Å². The summed E-state index contributed by atoms with van der Waals surface area (Å²) in [5.41, 5.74) is 0.102. The predicted octanol–water partition coefficient (Wildman–Crippen LogP) is 4.94. The van der Waals surface area contributed by atoms with Gasteiger partial charge in [-0.2, -0.15) is 0 Å². The highest BCUT2D eigenvalue weighted by Crippen LogP contribution is 2.34. The number of halogens is 2. The van der Waals surface area contributed by atoms with E-state index in [9.17, 15) is 8.78 Å². The van der Waals surface area contributed by atoms with Crippen LogP contribution < -0.4 is 0 Å². The summed E-state index contributed by atoms with van der Waals surface area (Å²) in [6, 6.07) is 12.4. The molecule has 0 atom stereocenters. The Morgan fingerprint density at radius 1 is 1.00 bits per heavy atom. The van der Waals surface area contributed by atoms with Gasteiger partial charge in [-0.3, -0.25) is 0 Å². The van der Waals surface area contributed by atoms with Crippen LogP contribution in [0.3, 0.4) is 0 Å². The lowest BCUT2D eigenvalue weighted by molar-refractivity contribution is -0.0149. The Kier molecular flexibility index (Phi) is 3.41. The molecule has 1 radical (unpaired) electrons. The van der Waals surface area contributed by atoms with Crippen LogP contribution in [0.4, 0.5) is 8.78 Å². The Morgan fingerprint density at radius 2 is 1.71 bits per heavy atom. The summed E-state index contributed by atoms with van der Waals surface area (Å²) in [4.78, 5) is 0. The van der Waals surface area contributed by atoms with Crippen molar-refractivity contribution in [3.05, 3.63) is 55.0 Å². The van der Waals surface area contributed by atoms with Crippen molar-refractivity contribution in [1.82, 2.24) is 0 Å². The molecule has 89 valence electrons. The molecule has 2 aromatic rings. The Hall–Kier alpha value is -1.44. The molecule has 0 saturated carbocycles. The van der Waals surface area contributed by atoms with Crippen LogP contribution >= 0.6 is 0 Å². The lowest BCUT2D eigenvalue weighted by Crippen LogP contribution is -2.12. The van der Waals surface area contributed by atoms with E-state index in [0.29, 0.717) is 12.8 Å². The first kappa shape index (κ1) is 12.0. The fourth-order valence-electron chi connectivity index (χ4n) is 1.91. The van der Waals surface area contributed by atoms with E-state index in [1.165, 1.54) is 6.07 Å². The minimum absolute atomic E-state index is 0.102. The van der Waals surface area contributed by atoms with Crippen molar-refractivity contribution in [3.8, 4) is 0 Å². The Morgan fingerprint density at radius 3 is 2.41 bits per heavy atom. The van der Waals surface area contributed by atoms with Gasteiger partial charge < -0.3 is 0 Å². The van der Waals surface area contributed by atoms with Gasteiger partial charge in [0.2, 0.25) is 0 Å². The third-order valence-corrected chi connectivity index (χ3v) is 2.91. The van der Waals surface area contributed by atoms with Gasteiger partial charge in [0.25, 0.3) is 5.92 Å². The monoisotopic (exact) mass is 233 g/mol. The highest BCUT2D eigenvalue weighted by molar-refractivity contribution is 5.83. The summed E-state index contributed by atoms with van der Waals surface area (Å²) in [5, 5.41) is 1.85. The second-order valence-electron chi connectivity index (χ2n) is 4.22. The number of rotatable bonds is 4. The van der Waals surface area contributed by atoms with Crippen LogP contribution in [-0.2, 0) is 5.92 Å². The van der Waals surface area contributed by atoms with Gasteiger partial charge in [0.1, 0.15) is 0 Å². The average Bonchev–Trinajstić information content (AvgIpc) is 2.36. The molecule has 0 N–H and O–H groups in total. The zero-order valence-electron chi connectivity index (χ0n) is 9.63. The molecule has 0 bridgehead atoms. The molecule has 2 heteroatoms. The van der Waals surface area contributed by atoms with E-state index in [4.69, 9.17) is 0 Å². The molecule has 0 aromatic heterocycles. The maximum absolute atomic E-state index is 13.8. The molecule has 0 aliphatic rings. The first-order valence-electron chi connectivity index (χ1n) is 5.80. The van der Waals surface area contributed by atoms with Gasteiger partial charge in [-0.15, -0.1) is 0 Å². The molecular formula is C15H15F2. The van der Waals surface area contributed by atoms with Crippen molar-refractivity contribution >= 4 is 10.8 Å². The molecule has 2 rings (SSSR count). The second-order valence-corrected chi connectivity index (χ2v) is 4.22. The standard InChI is InChI=1S/C15H15F2/c1-2-3-10-15(16,17)14-9-8-12-6-4-5-7-13(12)11-14/h4-9,11H,1-3,10H2. The molecule has 2 aromatic carbocycles. The van der Waals surface area contributed by atoms with E-state index < -0.39 is 5.92 Å². The number of hydrogen-bond donors (Lipinski definition) is 0. The summed E-state index contributed by atoms with van der Waals surface area (Å²) >= 11 is 0. The molecule has 0 aliphatic carbocycles. The molecule has 0 amide bonds. The Bertz CT molecular complexity index is 503. The van der Waals surface area contributed by atoms with E-state index in [0.717, 1.165) is 10.8 Å². The molecule has 0 aliphatic heterocycles. The molecule has 0 spiro atoms. The van der Waals surface area contributed by atoms with Gasteiger partial charge in [-0.1, -0.05) is 49.7 Å². The van der Waals surface area contributed by atoms with Crippen molar-refractivity contribution in [2.75, 3.05) is 0 Å². The van der Waals surface area contributed by atoms with E-state index in [1.807, 2.05) is 24.3 Å². The number of alkyl halides is 2. The normalized spacial score (nSPS) is 11.9. The fraction of sp³-hybridized carbons (Fsp3) is 0.267. The van der Waals surface area contributed by atoms with Gasteiger partial charge in [0.15, 0.2) is 0 Å². The van der Waals surface area contributed by atoms with Crippen molar-refractivity contribution in [2.24, 2.45) is 0 Å². The molecule has 17 heavy (non-hydrogen) atoms. The molecular weight excluding hydrogens is 218 g/mol. The van der Waals surface area contributed by atoms with Gasteiger partial charge >= 0.3 is 0 Å². The summed E-state index contributed by atoms with van der Waals surface area (Å²) in [5.74, 6) is -2.75. The number of benzene rings is 2. The number of hydrogen-bond acceptors (Lipinski definition) is 0. The smallest absolute Gasteiger partial charge is 0.201 e. The lowest BCUT2D eigenvalue weighted by atomic mass is 9.99. The maximum Gasteiger partial charge on any atom is 0.273 e. The zero-order chi connectivity index (χ0) is 12.3. The molecule has 0 unspecified atom stereocenters. The first-order valence-corrected chi connectivity index (χ1v) is 5.80. The minimum atomic E-state index is -2.75. The van der Waals surface area contributed by atoms with Crippen molar-refractivity contribution in [3.63, 3.8) is 0 Å². The second kappa shape index (κ2) is 4.82. The maximum atomic E-state index is 13.8. The van der Waals surface area contributed by atoms with Gasteiger partial charge in [0.05, 0.1) is 0 Å². The van der Waals surface area contributed by atoms with Crippen LogP contribution in [0.15, 0.2) is 42.5 Å². The predicted molar refractivity (Wildman–Crippen MR) is 67.1 cm³/mol. The van der Waals surface area contributed by atoms with E-state index in [-0.39, 0.29) is 12.0 Å².